The van der Waals surface area contributed by atoms with E-state index in [2.05, 4.69) is 74.4 Å². The number of fused-ring (bicyclic) bond motifs is 1. The lowest BCUT2D eigenvalue weighted by Gasteiger charge is -2.19. The van der Waals surface area contributed by atoms with Gasteiger partial charge in [-0.3, -0.25) is 4.79 Å². The third kappa shape index (κ3) is 4.92. The molecule has 3 aromatic rings. The molecule has 182 valence electrons. The summed E-state index contributed by atoms with van der Waals surface area (Å²) in [5, 5.41) is 3.19. The van der Waals surface area contributed by atoms with Crippen LogP contribution in [-0.2, 0) is 16.8 Å². The number of carbonyl (C=O) groups excluding carboxylic acids is 1. The normalized spacial score (nSPS) is 15.5. The Bertz CT molecular complexity index is 1230. The zero-order valence-electron chi connectivity index (χ0n) is 21.1. The molecule has 35 heavy (non-hydrogen) atoms. The molecule has 0 unspecified atom stereocenters. The molecule has 5 rings (SSSR count). The fraction of sp³-hybridized carbons (Fsp3) is 0.367. The van der Waals surface area contributed by atoms with Crippen LogP contribution in [0.3, 0.4) is 0 Å². The Morgan fingerprint density at radius 2 is 1.74 bits per heavy atom. The highest BCUT2D eigenvalue weighted by Gasteiger charge is 2.51. The first-order valence-corrected chi connectivity index (χ1v) is 12.4. The van der Waals surface area contributed by atoms with Crippen molar-refractivity contribution in [1.29, 1.82) is 0 Å². The van der Waals surface area contributed by atoms with Crippen molar-refractivity contribution in [3.63, 3.8) is 0 Å². The van der Waals surface area contributed by atoms with Gasteiger partial charge in [0.15, 0.2) is 11.5 Å². The molecule has 3 aromatic carbocycles. The number of carbonyl (C=O) groups is 1. The van der Waals surface area contributed by atoms with E-state index < -0.39 is 5.41 Å². The van der Waals surface area contributed by atoms with Crippen LogP contribution in [0.5, 0.6) is 11.5 Å². The van der Waals surface area contributed by atoms with Crippen molar-refractivity contribution in [3.05, 3.63) is 77.4 Å². The molecule has 2 aliphatic rings. The first-order valence-electron chi connectivity index (χ1n) is 12.4. The number of amides is 1. The Morgan fingerprint density at radius 3 is 2.46 bits per heavy atom. The van der Waals surface area contributed by atoms with Gasteiger partial charge in [0.2, 0.25) is 12.7 Å². The number of benzene rings is 3. The Hall–Kier alpha value is -3.31. The lowest BCUT2D eigenvalue weighted by Crippen LogP contribution is -2.27. The van der Waals surface area contributed by atoms with Crippen molar-refractivity contribution in [2.24, 2.45) is 5.92 Å². The predicted molar refractivity (Wildman–Crippen MR) is 140 cm³/mol. The maximum absolute atomic E-state index is 13.4. The van der Waals surface area contributed by atoms with E-state index in [-0.39, 0.29) is 12.7 Å². The summed E-state index contributed by atoms with van der Waals surface area (Å²) in [6.45, 7) is 8.86. The summed E-state index contributed by atoms with van der Waals surface area (Å²) in [5.74, 6) is 2.15. The minimum absolute atomic E-state index is 0.0368. The zero-order chi connectivity index (χ0) is 24.6. The van der Waals surface area contributed by atoms with Gasteiger partial charge in [0.25, 0.3) is 0 Å². The maximum atomic E-state index is 13.4. The van der Waals surface area contributed by atoms with Gasteiger partial charge in [0.05, 0.1) is 5.41 Å². The van der Waals surface area contributed by atoms with Crippen molar-refractivity contribution in [2.45, 2.75) is 45.6 Å². The monoisotopic (exact) mass is 470 g/mol. The molecule has 1 heterocycles. The van der Waals surface area contributed by atoms with Gasteiger partial charge in [0.1, 0.15) is 0 Å². The van der Waals surface area contributed by atoms with E-state index in [1.165, 1.54) is 11.1 Å². The van der Waals surface area contributed by atoms with Gasteiger partial charge in [-0.1, -0.05) is 50.2 Å². The SMILES string of the molecule is Cc1ccc(NC(=O)C2(c3ccc4c(c3)OCO4)CC2)cc1-c1ccc(CN(C)CC(C)C)cc1. The first kappa shape index (κ1) is 23.4. The van der Waals surface area contributed by atoms with E-state index >= 15 is 0 Å². The lowest BCUT2D eigenvalue weighted by atomic mass is 9.94. The molecular weight excluding hydrogens is 436 g/mol. The summed E-state index contributed by atoms with van der Waals surface area (Å²) in [5.41, 5.74) is 6.11. The second-order valence-electron chi connectivity index (χ2n) is 10.4. The van der Waals surface area contributed by atoms with Crippen LogP contribution in [0.15, 0.2) is 60.7 Å². The smallest absolute Gasteiger partial charge is 0.235 e. The largest absolute Gasteiger partial charge is 0.454 e. The molecule has 5 heteroatoms. The molecular formula is C30H34N2O3. The fourth-order valence-electron chi connectivity index (χ4n) is 5.02. The van der Waals surface area contributed by atoms with Crippen molar-refractivity contribution < 1.29 is 14.3 Å². The van der Waals surface area contributed by atoms with Crippen molar-refractivity contribution in [2.75, 3.05) is 25.7 Å². The summed E-state index contributed by atoms with van der Waals surface area (Å²) in [4.78, 5) is 15.7. The topological polar surface area (TPSA) is 50.8 Å². The van der Waals surface area contributed by atoms with Gasteiger partial charge in [-0.05, 0) is 84.8 Å². The van der Waals surface area contributed by atoms with Crippen LogP contribution in [-0.4, -0.2) is 31.2 Å². The second-order valence-corrected chi connectivity index (χ2v) is 10.4. The van der Waals surface area contributed by atoms with Crippen molar-refractivity contribution >= 4 is 11.6 Å². The number of hydrogen-bond donors (Lipinski definition) is 1. The number of rotatable bonds is 8. The van der Waals surface area contributed by atoms with Gasteiger partial charge in [0, 0.05) is 18.8 Å². The van der Waals surface area contributed by atoms with Gasteiger partial charge in [-0.15, -0.1) is 0 Å². The number of hydrogen-bond acceptors (Lipinski definition) is 4. The lowest BCUT2D eigenvalue weighted by molar-refractivity contribution is -0.118. The molecule has 1 fully saturated rings. The van der Waals surface area contributed by atoms with Crippen LogP contribution < -0.4 is 14.8 Å². The summed E-state index contributed by atoms with van der Waals surface area (Å²) in [6, 6.07) is 20.8. The van der Waals surface area contributed by atoms with Gasteiger partial charge < -0.3 is 19.7 Å². The van der Waals surface area contributed by atoms with E-state index in [0.29, 0.717) is 5.92 Å². The fourth-order valence-corrected chi connectivity index (χ4v) is 5.02. The van der Waals surface area contributed by atoms with Gasteiger partial charge in [-0.25, -0.2) is 0 Å². The third-order valence-corrected chi connectivity index (χ3v) is 7.00. The molecule has 0 bridgehead atoms. The molecule has 1 N–H and O–H groups in total. The second kappa shape index (κ2) is 9.38. The number of aryl methyl sites for hydroxylation is 1. The van der Waals surface area contributed by atoms with Crippen molar-refractivity contribution in [1.82, 2.24) is 4.90 Å². The summed E-state index contributed by atoms with van der Waals surface area (Å²) in [6.07, 6.45) is 1.67. The van der Waals surface area contributed by atoms with Crippen molar-refractivity contribution in [3.8, 4) is 22.6 Å². The predicted octanol–water partition coefficient (Wildman–Crippen LogP) is 6.15. The molecule has 5 nitrogen and oxygen atoms in total. The molecule has 0 spiro atoms. The van der Waals surface area contributed by atoms with E-state index in [0.717, 1.165) is 59.8 Å². The highest BCUT2D eigenvalue weighted by Crippen LogP contribution is 2.51. The zero-order valence-corrected chi connectivity index (χ0v) is 21.1. The Morgan fingerprint density at radius 1 is 1.00 bits per heavy atom. The molecule has 1 amide bonds. The molecule has 1 saturated carbocycles. The van der Waals surface area contributed by atoms with Gasteiger partial charge in [-0.2, -0.15) is 0 Å². The van der Waals surface area contributed by atoms with Gasteiger partial charge >= 0.3 is 0 Å². The highest BCUT2D eigenvalue weighted by molar-refractivity contribution is 6.02. The standard InChI is InChI=1S/C30H34N2O3/c1-20(2)17-32(4)18-22-6-8-23(9-7-22)26-16-25(11-5-21(26)3)31-29(33)30(13-14-30)24-10-12-27-28(15-24)35-19-34-27/h5-12,15-16,20H,13-14,17-19H2,1-4H3,(H,31,33). The van der Waals surface area contributed by atoms with Crippen LogP contribution in [0.4, 0.5) is 5.69 Å². The summed E-state index contributed by atoms with van der Waals surface area (Å²) < 4.78 is 11.0. The van der Waals surface area contributed by atoms with Crippen LogP contribution in [0.1, 0.15) is 43.4 Å². The Balaban J connectivity index is 1.31. The minimum Gasteiger partial charge on any atom is -0.454 e. The maximum Gasteiger partial charge on any atom is 0.235 e. The molecule has 1 aliphatic carbocycles. The molecule has 0 radical (unpaired) electrons. The molecule has 0 saturated heterocycles. The first-order chi connectivity index (χ1) is 16.8. The summed E-state index contributed by atoms with van der Waals surface area (Å²) >= 11 is 0. The number of anilines is 1. The van der Waals surface area contributed by atoms with E-state index in [9.17, 15) is 4.79 Å². The van der Waals surface area contributed by atoms with Crippen LogP contribution in [0.2, 0.25) is 0 Å². The number of nitrogens with one attached hydrogen (secondary N) is 1. The number of nitrogens with zero attached hydrogens (tertiary/aromatic N) is 1. The highest BCUT2D eigenvalue weighted by atomic mass is 16.7. The van der Waals surface area contributed by atoms with Crippen LogP contribution in [0, 0.1) is 12.8 Å². The number of ether oxygens (including phenoxy) is 2. The molecule has 0 atom stereocenters. The van der Waals surface area contributed by atoms with E-state index in [4.69, 9.17) is 9.47 Å². The minimum atomic E-state index is -0.490. The van der Waals surface area contributed by atoms with Crippen LogP contribution in [0.25, 0.3) is 11.1 Å². The van der Waals surface area contributed by atoms with E-state index in [1.807, 2.05) is 24.3 Å². The Labute approximate surface area is 208 Å². The molecule has 1 aliphatic heterocycles. The Kier molecular flexibility index (Phi) is 6.28. The molecule has 0 aromatic heterocycles. The van der Waals surface area contributed by atoms with E-state index in [1.54, 1.807) is 0 Å². The third-order valence-electron chi connectivity index (χ3n) is 7.00. The quantitative estimate of drug-likeness (QED) is 0.429. The van der Waals surface area contributed by atoms with Crippen LogP contribution >= 0.6 is 0 Å². The average molecular weight is 471 g/mol. The summed E-state index contributed by atoms with van der Waals surface area (Å²) in [7, 11) is 2.17. The average Bonchev–Trinajstić information content (AvgIpc) is 3.51.